The highest BCUT2D eigenvalue weighted by Crippen LogP contribution is 2.31. The molecule has 0 aliphatic carbocycles. The smallest absolute Gasteiger partial charge is 0.282 e. The number of fused-ring (bicyclic) bond motifs is 2. The van der Waals surface area contributed by atoms with Crippen LogP contribution in [-0.4, -0.2) is 26.2 Å². The molecular formula is C25H19N5O4. The fourth-order valence-corrected chi connectivity index (χ4v) is 4.03. The van der Waals surface area contributed by atoms with Crippen LogP contribution in [-0.2, 0) is 6.54 Å². The SMILES string of the molecule is O=C(Nc1ccc(C(=O)C2Nc3ccccc3Cn3cccc32)cn1)c1ccccc1[N+](=O)[O-]. The first-order valence-electron chi connectivity index (χ1n) is 10.6. The number of carbonyl (C=O) groups excluding carboxylic acids is 2. The van der Waals surface area contributed by atoms with Gasteiger partial charge < -0.3 is 15.2 Å². The Kier molecular flexibility index (Phi) is 5.35. The van der Waals surface area contributed by atoms with Crippen molar-refractivity contribution >= 4 is 28.9 Å². The van der Waals surface area contributed by atoms with Crippen molar-refractivity contribution in [2.75, 3.05) is 10.6 Å². The summed E-state index contributed by atoms with van der Waals surface area (Å²) in [4.78, 5) is 40.7. The molecule has 1 aliphatic heterocycles. The zero-order chi connectivity index (χ0) is 23.7. The van der Waals surface area contributed by atoms with Gasteiger partial charge in [-0.05, 0) is 42.0 Å². The summed E-state index contributed by atoms with van der Waals surface area (Å²) in [6, 6.07) is 19.8. The van der Waals surface area contributed by atoms with Crippen LogP contribution in [0.15, 0.2) is 85.2 Å². The van der Waals surface area contributed by atoms with Gasteiger partial charge in [-0.15, -0.1) is 0 Å². The maximum absolute atomic E-state index is 13.4. The van der Waals surface area contributed by atoms with Gasteiger partial charge in [0.2, 0.25) is 0 Å². The Morgan fingerprint density at radius 2 is 1.82 bits per heavy atom. The van der Waals surface area contributed by atoms with E-state index in [1.807, 2.05) is 47.2 Å². The van der Waals surface area contributed by atoms with Crippen LogP contribution in [0.5, 0.6) is 0 Å². The van der Waals surface area contributed by atoms with Crippen LogP contribution >= 0.6 is 0 Å². The highest BCUT2D eigenvalue weighted by atomic mass is 16.6. The molecule has 9 heteroatoms. The lowest BCUT2D eigenvalue weighted by Crippen LogP contribution is -2.22. The molecule has 34 heavy (non-hydrogen) atoms. The molecule has 0 fully saturated rings. The maximum Gasteiger partial charge on any atom is 0.282 e. The highest BCUT2D eigenvalue weighted by Gasteiger charge is 2.28. The van der Waals surface area contributed by atoms with E-state index in [0.717, 1.165) is 16.9 Å². The Morgan fingerprint density at radius 1 is 1.03 bits per heavy atom. The van der Waals surface area contributed by atoms with Gasteiger partial charge in [0.1, 0.15) is 17.4 Å². The number of pyridine rings is 1. The van der Waals surface area contributed by atoms with Crippen molar-refractivity contribution in [1.82, 2.24) is 9.55 Å². The summed E-state index contributed by atoms with van der Waals surface area (Å²) < 4.78 is 2.04. The Labute approximate surface area is 194 Å². The number of ketones is 1. The van der Waals surface area contributed by atoms with Crippen LogP contribution < -0.4 is 10.6 Å². The van der Waals surface area contributed by atoms with Gasteiger partial charge in [-0.2, -0.15) is 0 Å². The molecule has 2 aromatic carbocycles. The predicted octanol–water partition coefficient (Wildman–Crippen LogP) is 4.44. The number of nitro benzene ring substituents is 1. The van der Waals surface area contributed by atoms with E-state index in [2.05, 4.69) is 15.6 Å². The number of anilines is 2. The topological polar surface area (TPSA) is 119 Å². The molecule has 0 saturated carbocycles. The van der Waals surface area contributed by atoms with Gasteiger partial charge in [0, 0.05) is 41.9 Å². The molecule has 1 atom stereocenters. The van der Waals surface area contributed by atoms with Gasteiger partial charge in [0.15, 0.2) is 5.78 Å². The number of benzene rings is 2. The van der Waals surface area contributed by atoms with Crippen molar-refractivity contribution in [3.8, 4) is 0 Å². The van der Waals surface area contributed by atoms with Crippen LogP contribution in [0.2, 0.25) is 0 Å². The number of nitrogens with zero attached hydrogens (tertiary/aromatic N) is 3. The fourth-order valence-electron chi connectivity index (χ4n) is 4.03. The minimum absolute atomic E-state index is 0.0727. The third kappa shape index (κ3) is 3.90. The second kappa shape index (κ2) is 8.62. The quantitative estimate of drug-likeness (QED) is 0.262. The summed E-state index contributed by atoms with van der Waals surface area (Å²) in [5, 5.41) is 17.1. The Balaban J connectivity index is 1.38. The number of nitro groups is 1. The molecule has 2 aromatic heterocycles. The van der Waals surface area contributed by atoms with E-state index in [-0.39, 0.29) is 22.9 Å². The summed E-state index contributed by atoms with van der Waals surface area (Å²) in [6.07, 6.45) is 3.34. The van der Waals surface area contributed by atoms with E-state index in [9.17, 15) is 19.7 Å². The van der Waals surface area contributed by atoms with Crippen LogP contribution in [0.1, 0.15) is 38.0 Å². The van der Waals surface area contributed by atoms with Gasteiger partial charge in [-0.1, -0.05) is 30.3 Å². The zero-order valence-electron chi connectivity index (χ0n) is 17.8. The number of carbonyl (C=O) groups is 2. The van der Waals surface area contributed by atoms with E-state index < -0.39 is 16.9 Å². The van der Waals surface area contributed by atoms with E-state index in [4.69, 9.17) is 0 Å². The minimum atomic E-state index is -0.654. The molecule has 1 unspecified atom stereocenters. The first-order chi connectivity index (χ1) is 16.5. The Morgan fingerprint density at radius 3 is 2.62 bits per heavy atom. The molecule has 0 radical (unpaired) electrons. The number of amides is 1. The largest absolute Gasteiger partial charge is 0.370 e. The van der Waals surface area contributed by atoms with Crippen LogP contribution in [0.25, 0.3) is 0 Å². The molecule has 3 heterocycles. The van der Waals surface area contributed by atoms with Gasteiger partial charge in [0.05, 0.1) is 4.92 Å². The van der Waals surface area contributed by atoms with Crippen LogP contribution in [0.4, 0.5) is 17.2 Å². The summed E-state index contributed by atoms with van der Waals surface area (Å²) in [5.41, 5.74) is 2.82. The third-order valence-electron chi connectivity index (χ3n) is 5.72. The normalized spacial score (nSPS) is 14.2. The average Bonchev–Trinajstić information content (AvgIpc) is 3.25. The van der Waals surface area contributed by atoms with Crippen molar-refractivity contribution in [3.63, 3.8) is 0 Å². The van der Waals surface area contributed by atoms with E-state index in [0.29, 0.717) is 12.1 Å². The molecule has 5 rings (SSSR count). The van der Waals surface area contributed by atoms with E-state index >= 15 is 0 Å². The number of para-hydroxylation sites is 2. The Bertz CT molecular complexity index is 1410. The molecule has 1 aliphatic rings. The second-order valence-electron chi connectivity index (χ2n) is 7.82. The number of Topliss-reactive ketones (excluding diaryl/α,β-unsaturated/α-hetero) is 1. The third-order valence-corrected chi connectivity index (χ3v) is 5.72. The number of hydrogen-bond acceptors (Lipinski definition) is 6. The molecule has 2 N–H and O–H groups in total. The lowest BCUT2D eigenvalue weighted by Gasteiger charge is -2.18. The molecule has 168 valence electrons. The number of hydrogen-bond donors (Lipinski definition) is 2. The molecule has 9 nitrogen and oxygen atoms in total. The van der Waals surface area contributed by atoms with E-state index in [1.54, 1.807) is 12.1 Å². The summed E-state index contributed by atoms with van der Waals surface area (Å²) in [7, 11) is 0. The van der Waals surface area contributed by atoms with Gasteiger partial charge in [-0.25, -0.2) is 4.98 Å². The Hall–Kier alpha value is -4.79. The summed E-state index contributed by atoms with van der Waals surface area (Å²) in [5.74, 6) is -0.637. The number of nitrogens with one attached hydrogen (secondary N) is 2. The number of rotatable bonds is 5. The molecule has 1 amide bonds. The fraction of sp³-hybridized carbons (Fsp3) is 0.0800. The van der Waals surface area contributed by atoms with Crippen molar-refractivity contribution in [1.29, 1.82) is 0 Å². The van der Waals surface area contributed by atoms with Gasteiger partial charge >= 0.3 is 0 Å². The van der Waals surface area contributed by atoms with Crippen LogP contribution in [0.3, 0.4) is 0 Å². The lowest BCUT2D eigenvalue weighted by atomic mass is 10.0. The first-order valence-corrected chi connectivity index (χ1v) is 10.6. The monoisotopic (exact) mass is 453 g/mol. The van der Waals surface area contributed by atoms with Crippen LogP contribution in [0, 0.1) is 10.1 Å². The van der Waals surface area contributed by atoms with E-state index in [1.165, 1.54) is 30.5 Å². The van der Waals surface area contributed by atoms with Gasteiger partial charge in [0.25, 0.3) is 11.6 Å². The molecule has 0 bridgehead atoms. The molecule has 0 saturated heterocycles. The van der Waals surface area contributed by atoms with Crippen molar-refractivity contribution in [2.24, 2.45) is 0 Å². The predicted molar refractivity (Wildman–Crippen MR) is 126 cm³/mol. The maximum atomic E-state index is 13.4. The van der Waals surface area contributed by atoms with Crippen molar-refractivity contribution in [2.45, 2.75) is 12.6 Å². The summed E-state index contributed by atoms with van der Waals surface area (Å²) >= 11 is 0. The molecule has 4 aromatic rings. The minimum Gasteiger partial charge on any atom is -0.370 e. The first kappa shape index (κ1) is 21.1. The second-order valence-corrected chi connectivity index (χ2v) is 7.82. The van der Waals surface area contributed by atoms with Crippen molar-refractivity contribution in [3.05, 3.63) is 118 Å². The molecule has 0 spiro atoms. The number of aromatic nitrogens is 2. The summed E-state index contributed by atoms with van der Waals surface area (Å²) in [6.45, 7) is 0.657. The van der Waals surface area contributed by atoms with Gasteiger partial charge in [-0.3, -0.25) is 19.7 Å². The average molecular weight is 453 g/mol. The lowest BCUT2D eigenvalue weighted by molar-refractivity contribution is -0.385. The highest BCUT2D eigenvalue weighted by molar-refractivity contribution is 6.07. The standard InChI is InChI=1S/C25H19N5O4/c31-24(23-21-10-5-13-29(21)15-17-6-1-3-8-19(17)27-23)16-11-12-22(26-14-16)28-25(32)18-7-2-4-9-20(18)30(33)34/h1-14,23,27H,15H2,(H,26,28,32). The zero-order valence-corrected chi connectivity index (χ0v) is 17.8. The molecular weight excluding hydrogens is 434 g/mol. The van der Waals surface area contributed by atoms with Crippen molar-refractivity contribution < 1.29 is 14.5 Å².